The quantitative estimate of drug-likeness (QED) is 0.519. The molecule has 1 amide bonds. The molecule has 0 bridgehead atoms. The second-order valence-electron chi connectivity index (χ2n) is 7.68. The predicted octanol–water partition coefficient (Wildman–Crippen LogP) is 5.41. The van der Waals surface area contributed by atoms with Crippen LogP contribution in [0.15, 0.2) is 84.9 Å². The second kappa shape index (κ2) is 8.95. The van der Waals surface area contributed by atoms with Crippen molar-refractivity contribution in [2.75, 3.05) is 7.11 Å². The molecule has 1 aliphatic carbocycles. The molecule has 0 spiro atoms. The van der Waals surface area contributed by atoms with E-state index in [4.69, 9.17) is 4.74 Å². The molecule has 0 radical (unpaired) electrons. The summed E-state index contributed by atoms with van der Waals surface area (Å²) in [5.74, 6) is 1.13. The van der Waals surface area contributed by atoms with Crippen LogP contribution < -0.4 is 4.74 Å². The van der Waals surface area contributed by atoms with Crippen LogP contribution in [0.1, 0.15) is 41.9 Å². The highest BCUT2D eigenvalue weighted by molar-refractivity contribution is 5.78. The van der Waals surface area contributed by atoms with Gasteiger partial charge in [-0.15, -0.1) is 0 Å². The van der Waals surface area contributed by atoms with Crippen LogP contribution >= 0.6 is 0 Å². The first-order valence-electron chi connectivity index (χ1n) is 10.3. The number of ether oxygens (including phenoxy) is 1. The van der Waals surface area contributed by atoms with Crippen LogP contribution in [-0.4, -0.2) is 24.0 Å². The molecule has 0 unspecified atom stereocenters. The lowest BCUT2D eigenvalue weighted by Gasteiger charge is -2.26. The van der Waals surface area contributed by atoms with Gasteiger partial charge in [-0.25, -0.2) is 0 Å². The fourth-order valence-electron chi connectivity index (χ4n) is 3.83. The Kier molecular flexibility index (Phi) is 5.95. The highest BCUT2D eigenvalue weighted by Gasteiger charge is 2.33. The van der Waals surface area contributed by atoms with E-state index in [-0.39, 0.29) is 11.8 Å². The van der Waals surface area contributed by atoms with Gasteiger partial charge < -0.3 is 9.64 Å². The molecule has 3 aromatic carbocycles. The Morgan fingerprint density at radius 1 is 0.897 bits per heavy atom. The van der Waals surface area contributed by atoms with Crippen LogP contribution in [0.5, 0.6) is 5.75 Å². The Bertz CT molecular complexity index is 878. The Hall–Kier alpha value is -3.07. The Morgan fingerprint density at radius 2 is 1.45 bits per heavy atom. The van der Waals surface area contributed by atoms with E-state index in [1.165, 1.54) is 11.1 Å². The summed E-state index contributed by atoms with van der Waals surface area (Å²) in [4.78, 5) is 15.5. The highest BCUT2D eigenvalue weighted by Crippen LogP contribution is 2.33. The Labute approximate surface area is 172 Å². The van der Waals surface area contributed by atoms with Crippen molar-refractivity contribution in [3.05, 3.63) is 102 Å². The largest absolute Gasteiger partial charge is 0.497 e. The van der Waals surface area contributed by atoms with E-state index in [1.54, 1.807) is 7.11 Å². The SMILES string of the molecule is COc1ccc(CN(C(=O)CC(c2ccccc2)c2ccccc2)C2CC2)cc1. The monoisotopic (exact) mass is 385 g/mol. The molecule has 1 fully saturated rings. The number of rotatable bonds is 8. The molecular formula is C26H27NO2. The summed E-state index contributed by atoms with van der Waals surface area (Å²) in [5.41, 5.74) is 3.52. The van der Waals surface area contributed by atoms with Crippen LogP contribution in [0.2, 0.25) is 0 Å². The fourth-order valence-corrected chi connectivity index (χ4v) is 3.83. The number of carbonyl (C=O) groups excluding carboxylic acids is 1. The van der Waals surface area contributed by atoms with Gasteiger partial charge in [0.05, 0.1) is 7.11 Å². The molecule has 0 N–H and O–H groups in total. The normalized spacial score (nSPS) is 13.3. The van der Waals surface area contributed by atoms with Crippen molar-refractivity contribution < 1.29 is 9.53 Å². The molecular weight excluding hydrogens is 358 g/mol. The van der Waals surface area contributed by atoms with Gasteiger partial charge in [0, 0.05) is 24.9 Å². The lowest BCUT2D eigenvalue weighted by Crippen LogP contribution is -2.33. The van der Waals surface area contributed by atoms with E-state index in [1.807, 2.05) is 60.7 Å². The van der Waals surface area contributed by atoms with Gasteiger partial charge in [-0.05, 0) is 41.7 Å². The highest BCUT2D eigenvalue weighted by atomic mass is 16.5. The first-order valence-corrected chi connectivity index (χ1v) is 10.3. The minimum Gasteiger partial charge on any atom is -0.497 e. The number of benzene rings is 3. The fraction of sp³-hybridized carbons (Fsp3) is 0.269. The van der Waals surface area contributed by atoms with Crippen LogP contribution in [0.25, 0.3) is 0 Å². The van der Waals surface area contributed by atoms with E-state index in [0.29, 0.717) is 19.0 Å². The van der Waals surface area contributed by atoms with Crippen molar-refractivity contribution >= 4 is 5.91 Å². The summed E-state index contributed by atoms with van der Waals surface area (Å²) >= 11 is 0. The van der Waals surface area contributed by atoms with Crippen LogP contribution in [0.4, 0.5) is 0 Å². The zero-order valence-electron chi connectivity index (χ0n) is 16.8. The molecule has 1 saturated carbocycles. The number of amides is 1. The van der Waals surface area contributed by atoms with E-state index < -0.39 is 0 Å². The van der Waals surface area contributed by atoms with Crippen molar-refractivity contribution in [1.82, 2.24) is 4.90 Å². The molecule has 0 atom stereocenters. The predicted molar refractivity (Wildman–Crippen MR) is 116 cm³/mol. The molecule has 3 heteroatoms. The van der Waals surface area contributed by atoms with E-state index in [2.05, 4.69) is 29.2 Å². The summed E-state index contributed by atoms with van der Waals surface area (Å²) in [7, 11) is 1.67. The van der Waals surface area contributed by atoms with Gasteiger partial charge in [0.1, 0.15) is 5.75 Å². The maximum Gasteiger partial charge on any atom is 0.224 e. The number of methoxy groups -OCH3 is 1. The summed E-state index contributed by atoms with van der Waals surface area (Å²) < 4.78 is 5.25. The third-order valence-corrected chi connectivity index (χ3v) is 5.60. The maximum absolute atomic E-state index is 13.4. The number of carbonyl (C=O) groups is 1. The van der Waals surface area contributed by atoms with Gasteiger partial charge in [0.15, 0.2) is 0 Å². The van der Waals surface area contributed by atoms with E-state index in [9.17, 15) is 4.79 Å². The molecule has 0 heterocycles. The molecule has 1 aliphatic rings. The first kappa shape index (κ1) is 19.3. The summed E-state index contributed by atoms with van der Waals surface area (Å²) in [6, 6.07) is 29.1. The third-order valence-electron chi connectivity index (χ3n) is 5.60. The third kappa shape index (κ3) is 4.86. The topological polar surface area (TPSA) is 29.5 Å². The summed E-state index contributed by atoms with van der Waals surface area (Å²) in [5, 5.41) is 0. The average molecular weight is 386 g/mol. The van der Waals surface area contributed by atoms with Gasteiger partial charge in [0.2, 0.25) is 5.91 Å². The Morgan fingerprint density at radius 3 is 1.93 bits per heavy atom. The van der Waals surface area contributed by atoms with Gasteiger partial charge in [0.25, 0.3) is 0 Å². The van der Waals surface area contributed by atoms with E-state index in [0.717, 1.165) is 24.2 Å². The molecule has 148 valence electrons. The average Bonchev–Trinajstić information content (AvgIpc) is 3.62. The van der Waals surface area contributed by atoms with Crippen LogP contribution in [0.3, 0.4) is 0 Å². The number of nitrogens with zero attached hydrogens (tertiary/aromatic N) is 1. The molecule has 0 aromatic heterocycles. The minimum absolute atomic E-state index is 0.0713. The van der Waals surface area contributed by atoms with Crippen molar-refractivity contribution in [1.29, 1.82) is 0 Å². The minimum atomic E-state index is 0.0713. The van der Waals surface area contributed by atoms with Crippen molar-refractivity contribution in [2.45, 2.75) is 37.8 Å². The number of hydrogen-bond donors (Lipinski definition) is 0. The molecule has 3 aromatic rings. The molecule has 4 rings (SSSR count). The van der Waals surface area contributed by atoms with Gasteiger partial charge >= 0.3 is 0 Å². The zero-order valence-corrected chi connectivity index (χ0v) is 16.8. The standard InChI is InChI=1S/C26H27NO2/c1-29-24-16-12-20(13-17-24)19-27(23-14-15-23)26(28)18-25(21-8-4-2-5-9-21)22-10-6-3-7-11-22/h2-13,16-17,23,25H,14-15,18-19H2,1H3. The van der Waals surface area contributed by atoms with Crippen molar-refractivity contribution in [3.63, 3.8) is 0 Å². The van der Waals surface area contributed by atoms with Gasteiger partial charge in [-0.2, -0.15) is 0 Å². The van der Waals surface area contributed by atoms with Crippen molar-refractivity contribution in [3.8, 4) is 5.75 Å². The zero-order chi connectivity index (χ0) is 20.1. The number of hydrogen-bond acceptors (Lipinski definition) is 2. The Balaban J connectivity index is 1.54. The molecule has 0 aliphatic heterocycles. The lowest BCUT2D eigenvalue weighted by atomic mass is 9.88. The van der Waals surface area contributed by atoms with Crippen LogP contribution in [0, 0.1) is 0 Å². The van der Waals surface area contributed by atoms with E-state index >= 15 is 0 Å². The maximum atomic E-state index is 13.4. The van der Waals surface area contributed by atoms with Crippen molar-refractivity contribution in [2.24, 2.45) is 0 Å². The van der Waals surface area contributed by atoms with Crippen LogP contribution in [-0.2, 0) is 11.3 Å². The lowest BCUT2D eigenvalue weighted by molar-refractivity contribution is -0.132. The summed E-state index contributed by atoms with van der Waals surface area (Å²) in [6.07, 6.45) is 2.69. The molecule has 29 heavy (non-hydrogen) atoms. The summed E-state index contributed by atoms with van der Waals surface area (Å²) in [6.45, 7) is 0.657. The molecule has 0 saturated heterocycles. The smallest absolute Gasteiger partial charge is 0.224 e. The first-order chi connectivity index (χ1) is 14.2. The van der Waals surface area contributed by atoms with Gasteiger partial charge in [-0.1, -0.05) is 72.8 Å². The van der Waals surface area contributed by atoms with Gasteiger partial charge in [-0.3, -0.25) is 4.79 Å². The molecule has 3 nitrogen and oxygen atoms in total. The second-order valence-corrected chi connectivity index (χ2v) is 7.68.